The predicted octanol–water partition coefficient (Wildman–Crippen LogP) is 3.30. The lowest BCUT2D eigenvalue weighted by Crippen LogP contribution is -2.14. The number of carbonyl (C=O) groups excluding carboxylic acids is 2. The molecule has 0 atom stereocenters. The minimum absolute atomic E-state index is 0.288. The second kappa shape index (κ2) is 4.98. The van der Waals surface area contributed by atoms with E-state index in [1.54, 1.807) is 42.5 Å². The van der Waals surface area contributed by atoms with Gasteiger partial charge in [-0.2, -0.15) is 0 Å². The Hall–Kier alpha value is -2.33. The quantitative estimate of drug-likeness (QED) is 0.643. The van der Waals surface area contributed by atoms with Crippen molar-refractivity contribution < 1.29 is 14.3 Å². The van der Waals surface area contributed by atoms with Crippen molar-refractivity contribution >= 4 is 35.4 Å². The maximum absolute atomic E-state index is 11.6. The van der Waals surface area contributed by atoms with E-state index >= 15 is 0 Å². The average molecular weight is 288 g/mol. The largest absolute Gasteiger partial charge is 0.457 e. The molecule has 3 rings (SSSR count). The molecular formula is C15H10ClNO3. The zero-order valence-electron chi connectivity index (χ0n) is 10.4. The van der Waals surface area contributed by atoms with E-state index in [2.05, 4.69) is 0 Å². The first-order chi connectivity index (χ1) is 9.69. The van der Waals surface area contributed by atoms with Gasteiger partial charge in [0.05, 0.1) is 5.56 Å². The number of fused-ring (bicyclic) bond motifs is 1. The number of esters is 1. The Kier molecular flexibility index (Phi) is 3.16. The molecular weight excluding hydrogens is 278 g/mol. The van der Waals surface area contributed by atoms with E-state index in [-0.39, 0.29) is 12.6 Å². The van der Waals surface area contributed by atoms with Crippen LogP contribution >= 0.6 is 11.6 Å². The number of halogens is 1. The highest BCUT2D eigenvalue weighted by Gasteiger charge is 2.22. The number of cyclic esters (lactones) is 1. The maximum Gasteiger partial charge on any atom is 0.338 e. The van der Waals surface area contributed by atoms with Gasteiger partial charge in [0.1, 0.15) is 6.61 Å². The summed E-state index contributed by atoms with van der Waals surface area (Å²) in [6, 6.07) is 12.1. The number of benzene rings is 2. The van der Waals surface area contributed by atoms with E-state index in [0.717, 1.165) is 5.56 Å². The van der Waals surface area contributed by atoms with Gasteiger partial charge < -0.3 is 4.74 Å². The molecule has 0 N–H and O–H groups in total. The molecule has 0 saturated carbocycles. The molecule has 0 spiro atoms. The molecule has 0 aliphatic carbocycles. The summed E-state index contributed by atoms with van der Waals surface area (Å²) in [7, 11) is 0. The van der Waals surface area contributed by atoms with E-state index in [0.29, 0.717) is 28.4 Å². The van der Waals surface area contributed by atoms with Gasteiger partial charge in [-0.1, -0.05) is 17.7 Å². The number of amides is 1. The minimum Gasteiger partial charge on any atom is -0.457 e. The first-order valence-corrected chi connectivity index (χ1v) is 6.37. The summed E-state index contributed by atoms with van der Waals surface area (Å²) in [5.41, 5.74) is 2.62. The number of hydrogen-bond acceptors (Lipinski definition) is 3. The number of hydrogen-bond donors (Lipinski definition) is 0. The van der Waals surface area contributed by atoms with Crippen LogP contribution in [0, 0.1) is 0 Å². The molecule has 0 saturated heterocycles. The van der Waals surface area contributed by atoms with Crippen LogP contribution in [-0.2, 0) is 16.1 Å². The third-order valence-corrected chi connectivity index (χ3v) is 3.41. The summed E-state index contributed by atoms with van der Waals surface area (Å²) in [5, 5.41) is 0.595. The lowest BCUT2D eigenvalue weighted by Gasteiger charge is -2.18. The van der Waals surface area contributed by atoms with E-state index in [1.807, 2.05) is 0 Å². The first-order valence-electron chi connectivity index (χ1n) is 5.99. The van der Waals surface area contributed by atoms with Gasteiger partial charge in [0, 0.05) is 22.0 Å². The highest BCUT2D eigenvalue weighted by molar-refractivity contribution is 6.30. The molecule has 20 heavy (non-hydrogen) atoms. The van der Waals surface area contributed by atoms with E-state index in [4.69, 9.17) is 16.3 Å². The van der Waals surface area contributed by atoms with Gasteiger partial charge in [-0.3, -0.25) is 9.69 Å². The van der Waals surface area contributed by atoms with Crippen molar-refractivity contribution in [1.82, 2.24) is 0 Å². The summed E-state index contributed by atoms with van der Waals surface area (Å²) >= 11 is 5.83. The molecule has 0 bridgehead atoms. The second-order valence-corrected chi connectivity index (χ2v) is 4.81. The van der Waals surface area contributed by atoms with Crippen LogP contribution in [0.15, 0.2) is 42.5 Å². The Balaban J connectivity index is 2.02. The fourth-order valence-electron chi connectivity index (χ4n) is 2.12. The fraction of sp³-hybridized carbons (Fsp3) is 0.0667. The molecule has 5 heteroatoms. The Morgan fingerprint density at radius 1 is 1.10 bits per heavy atom. The highest BCUT2D eigenvalue weighted by atomic mass is 35.5. The van der Waals surface area contributed by atoms with E-state index < -0.39 is 0 Å². The van der Waals surface area contributed by atoms with Crippen molar-refractivity contribution in [1.29, 1.82) is 0 Å². The van der Waals surface area contributed by atoms with Crippen LogP contribution < -0.4 is 4.90 Å². The fourth-order valence-corrected chi connectivity index (χ4v) is 2.25. The molecule has 1 aliphatic heterocycles. The summed E-state index contributed by atoms with van der Waals surface area (Å²) in [6.07, 6.45) is 0.700. The minimum atomic E-state index is -0.358. The SMILES string of the molecule is O=CN(c1ccc(Cl)cc1)c1ccc2c(c1)C(=O)OC2. The van der Waals surface area contributed by atoms with Crippen LogP contribution in [0.25, 0.3) is 0 Å². The Morgan fingerprint density at radius 3 is 2.50 bits per heavy atom. The molecule has 2 aromatic carbocycles. The highest BCUT2D eigenvalue weighted by Crippen LogP contribution is 2.29. The molecule has 0 radical (unpaired) electrons. The van der Waals surface area contributed by atoms with Crippen molar-refractivity contribution in [2.24, 2.45) is 0 Å². The van der Waals surface area contributed by atoms with Crippen LogP contribution in [-0.4, -0.2) is 12.4 Å². The predicted molar refractivity (Wildman–Crippen MR) is 75.2 cm³/mol. The number of carbonyl (C=O) groups is 2. The van der Waals surface area contributed by atoms with Crippen molar-refractivity contribution in [2.45, 2.75) is 6.61 Å². The standard InChI is InChI=1S/C15H10ClNO3/c16-11-2-5-12(6-3-11)17(9-18)13-4-1-10-8-20-15(19)14(10)7-13/h1-7,9H,8H2. The number of nitrogens with zero attached hydrogens (tertiary/aromatic N) is 1. The van der Waals surface area contributed by atoms with Gasteiger partial charge in [-0.05, 0) is 36.4 Å². The summed E-state index contributed by atoms with van der Waals surface area (Å²) in [5.74, 6) is -0.358. The van der Waals surface area contributed by atoms with Crippen molar-refractivity contribution in [3.05, 3.63) is 58.6 Å². The van der Waals surface area contributed by atoms with E-state index in [1.165, 1.54) is 4.90 Å². The van der Waals surface area contributed by atoms with Crippen LogP contribution in [0.1, 0.15) is 15.9 Å². The van der Waals surface area contributed by atoms with Gasteiger partial charge in [0.15, 0.2) is 0 Å². The molecule has 0 fully saturated rings. The molecule has 1 aliphatic rings. The van der Waals surface area contributed by atoms with Crippen molar-refractivity contribution in [3.63, 3.8) is 0 Å². The lowest BCUT2D eigenvalue weighted by atomic mass is 10.1. The molecule has 100 valence electrons. The van der Waals surface area contributed by atoms with Gasteiger partial charge >= 0.3 is 5.97 Å². The van der Waals surface area contributed by atoms with Crippen LogP contribution in [0.2, 0.25) is 5.02 Å². The normalized spacial score (nSPS) is 12.8. The molecule has 2 aromatic rings. The summed E-state index contributed by atoms with van der Waals surface area (Å²) in [4.78, 5) is 24.4. The Bertz CT molecular complexity index is 682. The molecule has 1 amide bonds. The Labute approximate surface area is 120 Å². The molecule has 4 nitrogen and oxygen atoms in total. The number of ether oxygens (including phenoxy) is 1. The van der Waals surface area contributed by atoms with Gasteiger partial charge in [-0.15, -0.1) is 0 Å². The van der Waals surface area contributed by atoms with Crippen LogP contribution in [0.3, 0.4) is 0 Å². The lowest BCUT2D eigenvalue weighted by molar-refractivity contribution is -0.106. The van der Waals surface area contributed by atoms with E-state index in [9.17, 15) is 9.59 Å². The second-order valence-electron chi connectivity index (χ2n) is 4.37. The van der Waals surface area contributed by atoms with Gasteiger partial charge in [0.2, 0.25) is 6.41 Å². The van der Waals surface area contributed by atoms with Gasteiger partial charge in [-0.25, -0.2) is 4.79 Å². The van der Waals surface area contributed by atoms with Crippen molar-refractivity contribution in [2.75, 3.05) is 4.90 Å². The monoisotopic (exact) mass is 287 g/mol. The van der Waals surface area contributed by atoms with Gasteiger partial charge in [0.25, 0.3) is 0 Å². The average Bonchev–Trinajstić information content (AvgIpc) is 2.83. The first kappa shape index (κ1) is 12.7. The topological polar surface area (TPSA) is 46.6 Å². The molecule has 0 unspecified atom stereocenters. The third kappa shape index (κ3) is 2.14. The Morgan fingerprint density at radius 2 is 1.80 bits per heavy atom. The number of rotatable bonds is 3. The maximum atomic E-state index is 11.6. The zero-order chi connectivity index (χ0) is 14.1. The summed E-state index contributed by atoms with van der Waals surface area (Å²) in [6.45, 7) is 0.288. The molecule has 1 heterocycles. The smallest absolute Gasteiger partial charge is 0.338 e. The third-order valence-electron chi connectivity index (χ3n) is 3.16. The van der Waals surface area contributed by atoms with Crippen LogP contribution in [0.4, 0.5) is 11.4 Å². The number of anilines is 2. The van der Waals surface area contributed by atoms with Crippen molar-refractivity contribution in [3.8, 4) is 0 Å². The zero-order valence-corrected chi connectivity index (χ0v) is 11.1. The molecule has 0 aromatic heterocycles. The summed E-state index contributed by atoms with van der Waals surface area (Å²) < 4.78 is 4.95. The van der Waals surface area contributed by atoms with Crippen LogP contribution in [0.5, 0.6) is 0 Å².